The number of halogens is 1. The van der Waals surface area contributed by atoms with Gasteiger partial charge in [-0.15, -0.1) is 0 Å². The third-order valence-corrected chi connectivity index (χ3v) is 8.82. The van der Waals surface area contributed by atoms with Crippen LogP contribution in [0.3, 0.4) is 0 Å². The van der Waals surface area contributed by atoms with E-state index in [9.17, 15) is 23.3 Å². The van der Waals surface area contributed by atoms with Crippen LogP contribution in [0.15, 0.2) is 71.6 Å². The van der Waals surface area contributed by atoms with Crippen LogP contribution >= 0.6 is 11.6 Å². The molecule has 5 rings (SSSR count). The van der Waals surface area contributed by atoms with E-state index in [0.717, 1.165) is 23.0 Å². The smallest absolute Gasteiger partial charge is 0.339 e. The highest BCUT2D eigenvalue weighted by Crippen LogP contribution is 2.44. The maximum Gasteiger partial charge on any atom is 0.339 e. The maximum absolute atomic E-state index is 14.1. The minimum absolute atomic E-state index is 0.0314. The molecule has 2 aliphatic heterocycles. The first-order valence-corrected chi connectivity index (χ1v) is 13.9. The second-order valence-corrected chi connectivity index (χ2v) is 11.6. The Kier molecular flexibility index (Phi) is 6.99. The lowest BCUT2D eigenvalue weighted by molar-refractivity contribution is -0.384. The summed E-state index contributed by atoms with van der Waals surface area (Å²) in [4.78, 5) is 30.0. The van der Waals surface area contributed by atoms with Gasteiger partial charge in [0, 0.05) is 43.3 Å². The Hall–Kier alpha value is -3.67. The van der Waals surface area contributed by atoms with Crippen molar-refractivity contribution in [3.8, 4) is 0 Å². The van der Waals surface area contributed by atoms with Crippen LogP contribution in [0.25, 0.3) is 0 Å². The first-order valence-electron chi connectivity index (χ1n) is 12.0. The van der Waals surface area contributed by atoms with Crippen LogP contribution in [-0.4, -0.2) is 61.8 Å². The van der Waals surface area contributed by atoms with Gasteiger partial charge in [0.05, 0.1) is 29.4 Å². The average Bonchev–Trinajstić information content (AvgIpc) is 2.90. The van der Waals surface area contributed by atoms with Gasteiger partial charge in [-0.25, -0.2) is 17.5 Å². The molecule has 0 atom stereocenters. The van der Waals surface area contributed by atoms with E-state index < -0.39 is 21.0 Å². The van der Waals surface area contributed by atoms with Crippen molar-refractivity contribution in [3.05, 3.63) is 93.0 Å². The Morgan fingerprint density at radius 1 is 0.895 bits per heavy atom. The zero-order valence-corrected chi connectivity index (χ0v) is 22.2. The van der Waals surface area contributed by atoms with Crippen LogP contribution in [0, 0.1) is 10.1 Å². The van der Waals surface area contributed by atoms with Crippen molar-refractivity contribution in [2.75, 3.05) is 43.0 Å². The summed E-state index contributed by atoms with van der Waals surface area (Å²) in [6.45, 7) is 2.58. The van der Waals surface area contributed by atoms with Crippen molar-refractivity contribution in [1.29, 1.82) is 0 Å². The summed E-state index contributed by atoms with van der Waals surface area (Å²) < 4.78 is 29.1. The van der Waals surface area contributed by atoms with E-state index >= 15 is 0 Å². The number of anilines is 2. The lowest BCUT2D eigenvalue weighted by Gasteiger charge is -2.40. The predicted octanol–water partition coefficient (Wildman–Crippen LogP) is 4.33. The number of piperazine rings is 1. The topological polar surface area (TPSA) is 107 Å². The quantitative estimate of drug-likeness (QED) is 0.329. The number of nitro groups is 1. The molecule has 1 fully saturated rings. The van der Waals surface area contributed by atoms with Crippen LogP contribution in [-0.2, 0) is 23.1 Å². The molecule has 0 saturated carbocycles. The molecule has 12 heteroatoms. The Balaban J connectivity index is 1.63. The number of non-ortho nitro benzene ring substituents is 1. The fourth-order valence-corrected chi connectivity index (χ4v) is 6.66. The number of nitro benzene ring substituents is 1. The van der Waals surface area contributed by atoms with E-state index in [0.29, 0.717) is 29.4 Å². The van der Waals surface area contributed by atoms with Gasteiger partial charge >= 0.3 is 6.03 Å². The number of hydrogen-bond donors (Lipinski definition) is 0. The Labute approximate surface area is 225 Å². The molecular formula is C26H26ClN5O5S. The van der Waals surface area contributed by atoms with Crippen molar-refractivity contribution in [1.82, 2.24) is 9.21 Å². The number of carbonyl (C=O) groups is 1. The van der Waals surface area contributed by atoms with Gasteiger partial charge in [0.25, 0.3) is 15.7 Å². The predicted molar refractivity (Wildman–Crippen MR) is 145 cm³/mol. The van der Waals surface area contributed by atoms with Crippen LogP contribution in [0.2, 0.25) is 5.02 Å². The second kappa shape index (κ2) is 10.2. The van der Waals surface area contributed by atoms with Gasteiger partial charge in [0.15, 0.2) is 0 Å². The van der Waals surface area contributed by atoms with Gasteiger partial charge in [-0.1, -0.05) is 54.1 Å². The van der Waals surface area contributed by atoms with E-state index in [1.54, 1.807) is 6.07 Å². The molecule has 3 aromatic carbocycles. The minimum atomic E-state index is -4.30. The molecule has 0 radical (unpaired) electrons. The molecule has 2 amide bonds. The summed E-state index contributed by atoms with van der Waals surface area (Å²) in [5, 5.41) is 11.4. The third-order valence-electron chi connectivity index (χ3n) is 6.80. The molecule has 3 aromatic rings. The molecule has 2 aliphatic rings. The number of nitrogens with zero attached hydrogens (tertiary/aromatic N) is 5. The molecule has 1 saturated heterocycles. The molecule has 10 nitrogen and oxygen atoms in total. The maximum atomic E-state index is 14.1. The van der Waals surface area contributed by atoms with E-state index in [2.05, 4.69) is 4.90 Å². The SMILES string of the molecule is CN1CCN(c2cc(Cl)cc3c2S(=O)(=O)N(Cc2ccc([N+](=O)[O-])cc2)C(=O)N3Cc2ccccc2)CC1. The van der Waals surface area contributed by atoms with Gasteiger partial charge in [-0.05, 0) is 30.3 Å². The molecule has 2 heterocycles. The summed E-state index contributed by atoms with van der Waals surface area (Å²) in [5.41, 5.74) is 1.85. The summed E-state index contributed by atoms with van der Waals surface area (Å²) >= 11 is 6.51. The number of urea groups is 1. The number of amides is 2. The Morgan fingerprint density at radius 3 is 2.13 bits per heavy atom. The van der Waals surface area contributed by atoms with E-state index in [1.807, 2.05) is 42.3 Å². The number of hydrogen-bond acceptors (Lipinski definition) is 7. The van der Waals surface area contributed by atoms with Crippen LogP contribution in [0.5, 0.6) is 0 Å². The molecule has 0 aliphatic carbocycles. The monoisotopic (exact) mass is 555 g/mol. The van der Waals surface area contributed by atoms with E-state index in [4.69, 9.17) is 11.6 Å². The normalized spacial score (nSPS) is 17.4. The van der Waals surface area contributed by atoms with Crippen molar-refractivity contribution >= 4 is 44.7 Å². The summed E-state index contributed by atoms with van der Waals surface area (Å²) in [6.07, 6.45) is 0. The lowest BCUT2D eigenvalue weighted by Crippen LogP contribution is -2.51. The highest BCUT2D eigenvalue weighted by molar-refractivity contribution is 7.90. The standard InChI is InChI=1S/C26H26ClN5O5S/c1-28-11-13-29(14-12-28)23-15-21(27)16-24-25(23)38(36,37)31(18-20-7-9-22(10-8-20)32(34)35)26(33)30(24)17-19-5-3-2-4-6-19/h2-10,15-16H,11-14,17-18H2,1H3. The largest absolute Gasteiger partial charge is 0.368 e. The third kappa shape index (κ3) is 4.92. The van der Waals surface area contributed by atoms with Crippen molar-refractivity contribution < 1.29 is 18.1 Å². The highest BCUT2D eigenvalue weighted by atomic mass is 35.5. The summed E-state index contributed by atoms with van der Waals surface area (Å²) in [7, 11) is -2.29. The first-order chi connectivity index (χ1) is 18.1. The lowest BCUT2D eigenvalue weighted by atomic mass is 10.1. The van der Waals surface area contributed by atoms with E-state index in [1.165, 1.54) is 35.2 Å². The van der Waals surface area contributed by atoms with Gasteiger partial charge in [-0.3, -0.25) is 15.0 Å². The molecular weight excluding hydrogens is 530 g/mol. The number of fused-ring (bicyclic) bond motifs is 1. The Morgan fingerprint density at radius 2 is 1.50 bits per heavy atom. The molecule has 0 aromatic heterocycles. The minimum Gasteiger partial charge on any atom is -0.368 e. The first kappa shape index (κ1) is 26.0. The van der Waals surface area contributed by atoms with Crippen molar-refractivity contribution in [2.45, 2.75) is 18.0 Å². The van der Waals surface area contributed by atoms with Gasteiger partial charge in [0.1, 0.15) is 4.90 Å². The second-order valence-electron chi connectivity index (χ2n) is 9.35. The Bertz CT molecular complexity index is 1480. The molecule has 0 N–H and O–H groups in total. The molecule has 38 heavy (non-hydrogen) atoms. The van der Waals surface area contributed by atoms with Gasteiger partial charge in [0.2, 0.25) is 0 Å². The van der Waals surface area contributed by atoms with Crippen molar-refractivity contribution in [3.63, 3.8) is 0 Å². The van der Waals surface area contributed by atoms with Crippen LogP contribution < -0.4 is 9.80 Å². The molecule has 198 valence electrons. The zero-order valence-electron chi connectivity index (χ0n) is 20.7. The highest BCUT2D eigenvalue weighted by Gasteiger charge is 2.44. The molecule has 0 spiro atoms. The number of rotatable bonds is 6. The van der Waals surface area contributed by atoms with Crippen LogP contribution in [0.1, 0.15) is 11.1 Å². The number of carbonyl (C=O) groups excluding carboxylic acids is 1. The molecule has 0 bridgehead atoms. The van der Waals surface area contributed by atoms with Crippen molar-refractivity contribution in [2.24, 2.45) is 0 Å². The van der Waals surface area contributed by atoms with Crippen LogP contribution in [0.4, 0.5) is 21.9 Å². The average molecular weight is 556 g/mol. The number of sulfonamides is 1. The summed E-state index contributed by atoms with van der Waals surface area (Å²) in [5.74, 6) is 0. The zero-order chi connectivity index (χ0) is 27.0. The summed E-state index contributed by atoms with van der Waals surface area (Å²) in [6, 6.07) is 17.3. The molecule has 0 unspecified atom stereocenters. The van der Waals surface area contributed by atoms with Gasteiger partial charge < -0.3 is 9.80 Å². The fraction of sp³-hybridized carbons (Fsp3) is 0.269. The fourth-order valence-electron chi connectivity index (χ4n) is 4.72. The number of likely N-dealkylation sites (N-methyl/N-ethyl adjacent to an activating group) is 1. The number of benzene rings is 3. The van der Waals surface area contributed by atoms with E-state index in [-0.39, 0.29) is 29.4 Å². The van der Waals surface area contributed by atoms with Gasteiger partial charge in [-0.2, -0.15) is 0 Å².